The maximum atomic E-state index is 7.11. The van der Waals surface area contributed by atoms with Crippen LogP contribution in [0.4, 0.5) is 0 Å². The van der Waals surface area contributed by atoms with Gasteiger partial charge in [0.1, 0.15) is 0 Å². The minimum atomic E-state index is -1.93. The molecule has 0 heterocycles. The molecule has 0 saturated heterocycles. The van der Waals surface area contributed by atoms with Gasteiger partial charge >= 0.3 is 147 Å². The molecule has 0 aliphatic carbocycles. The van der Waals surface area contributed by atoms with E-state index in [1.165, 1.54) is 18.3 Å². The topological polar surface area (TPSA) is 0 Å². The van der Waals surface area contributed by atoms with Gasteiger partial charge in [0.25, 0.3) is 0 Å². The molecule has 0 amide bonds. The molecule has 22 heavy (non-hydrogen) atoms. The van der Waals surface area contributed by atoms with Gasteiger partial charge in [0, 0.05) is 0 Å². The normalized spacial score (nSPS) is 13.1. The minimum absolute atomic E-state index is 0.123. The Morgan fingerprint density at radius 1 is 0.636 bits per heavy atom. The van der Waals surface area contributed by atoms with E-state index in [1.807, 2.05) is 0 Å². The summed E-state index contributed by atoms with van der Waals surface area (Å²) in [5.41, 5.74) is 3.02. The summed E-state index contributed by atoms with van der Waals surface area (Å²) in [6.45, 7) is 13.6. The van der Waals surface area contributed by atoms with Crippen molar-refractivity contribution in [2.75, 3.05) is 0 Å². The Morgan fingerprint density at radius 2 is 0.955 bits per heavy atom. The predicted octanol–water partition coefficient (Wildman–Crippen LogP) is 6.98. The molecule has 2 aromatic carbocycles. The van der Waals surface area contributed by atoms with E-state index in [0.717, 1.165) is 0 Å². The molecular formula is C20H26ClI. The van der Waals surface area contributed by atoms with Crippen molar-refractivity contribution in [3.8, 4) is 0 Å². The van der Waals surface area contributed by atoms with E-state index < -0.39 is 18.7 Å². The van der Waals surface area contributed by atoms with Gasteiger partial charge in [0.05, 0.1) is 0 Å². The maximum absolute atomic E-state index is 7.11. The molecule has 0 aromatic heterocycles. The second-order valence-corrected chi connectivity index (χ2v) is 13.3. The van der Waals surface area contributed by atoms with Crippen LogP contribution in [0.5, 0.6) is 0 Å². The Labute approximate surface area is 146 Å². The van der Waals surface area contributed by atoms with Crippen LogP contribution in [0.25, 0.3) is 0 Å². The molecule has 0 nitrogen and oxygen atoms in total. The number of halogens is 2. The van der Waals surface area contributed by atoms with Gasteiger partial charge in [-0.1, -0.05) is 0 Å². The van der Waals surface area contributed by atoms with Crippen LogP contribution in [-0.4, -0.2) is 0 Å². The Bertz CT molecular complexity index is 590. The van der Waals surface area contributed by atoms with Gasteiger partial charge in [-0.25, -0.2) is 0 Å². The van der Waals surface area contributed by atoms with Crippen molar-refractivity contribution < 1.29 is 0 Å². The van der Waals surface area contributed by atoms with E-state index in [2.05, 4.69) is 90.1 Å². The van der Waals surface area contributed by atoms with Crippen LogP contribution in [0.1, 0.15) is 52.7 Å². The van der Waals surface area contributed by atoms with Gasteiger partial charge < -0.3 is 0 Å². The third kappa shape index (κ3) is 3.86. The van der Waals surface area contributed by atoms with Crippen LogP contribution in [-0.2, 0) is 10.8 Å². The molecule has 0 spiro atoms. The molecule has 0 saturated carbocycles. The Morgan fingerprint density at radius 3 is 1.27 bits per heavy atom. The third-order valence-electron chi connectivity index (χ3n) is 3.72. The Balaban J connectivity index is 2.58. The van der Waals surface area contributed by atoms with Crippen molar-refractivity contribution in [2.45, 2.75) is 52.4 Å². The van der Waals surface area contributed by atoms with Crippen LogP contribution >= 0.6 is 27.6 Å². The molecule has 0 aliphatic heterocycles. The second kappa shape index (κ2) is 6.52. The second-order valence-electron chi connectivity index (χ2n) is 7.70. The molecule has 0 atom stereocenters. The zero-order valence-electron chi connectivity index (χ0n) is 14.4. The van der Waals surface area contributed by atoms with Crippen molar-refractivity contribution in [2.24, 2.45) is 0 Å². The molecule has 0 N–H and O–H groups in total. The average Bonchev–Trinajstić information content (AvgIpc) is 2.45. The summed E-state index contributed by atoms with van der Waals surface area (Å²) in [4.78, 5) is 0. The molecule has 0 fully saturated rings. The summed E-state index contributed by atoms with van der Waals surface area (Å²) in [7, 11) is 7.11. The first-order chi connectivity index (χ1) is 10.1. The van der Waals surface area contributed by atoms with Crippen LogP contribution in [0, 0.1) is 7.14 Å². The summed E-state index contributed by atoms with van der Waals surface area (Å²) < 4.78 is 2.75. The van der Waals surface area contributed by atoms with Gasteiger partial charge in [0.2, 0.25) is 0 Å². The number of hydrogen-bond acceptors (Lipinski definition) is 0. The fraction of sp³-hybridized carbons (Fsp3) is 0.400. The van der Waals surface area contributed by atoms with E-state index in [1.54, 1.807) is 0 Å². The summed E-state index contributed by atoms with van der Waals surface area (Å²) in [5, 5.41) is 0. The van der Waals surface area contributed by atoms with E-state index in [9.17, 15) is 0 Å². The number of hydrogen-bond donors (Lipinski definition) is 0. The standard InChI is InChI=1S/C20H26ClI/c1-19(2,3)15-11-7-9-13-17(15)22(21)18-14-10-8-12-16(18)20(4,5)6/h7-14H,1-6H3. The molecule has 0 unspecified atom stereocenters. The fourth-order valence-corrected chi connectivity index (χ4v) is 8.88. The van der Waals surface area contributed by atoms with Crippen molar-refractivity contribution in [1.29, 1.82) is 0 Å². The first-order valence-corrected chi connectivity index (χ1v) is 12.6. The molecule has 0 bridgehead atoms. The third-order valence-corrected chi connectivity index (χ3v) is 9.71. The molecule has 120 valence electrons. The van der Waals surface area contributed by atoms with Gasteiger partial charge in [-0.3, -0.25) is 0 Å². The number of rotatable bonds is 2. The van der Waals surface area contributed by atoms with E-state index in [0.29, 0.717) is 0 Å². The quantitative estimate of drug-likeness (QED) is 0.453. The monoisotopic (exact) mass is 428 g/mol. The summed E-state index contributed by atoms with van der Waals surface area (Å²) in [6, 6.07) is 17.4. The van der Waals surface area contributed by atoms with Crippen molar-refractivity contribution in [3.63, 3.8) is 0 Å². The van der Waals surface area contributed by atoms with Gasteiger partial charge in [-0.05, 0) is 0 Å². The SMILES string of the molecule is CC(C)(C)c1ccccc1I(Cl)c1ccccc1C(C)(C)C. The van der Waals surface area contributed by atoms with Gasteiger partial charge in [0.15, 0.2) is 0 Å². The van der Waals surface area contributed by atoms with Gasteiger partial charge in [-0.15, -0.1) is 0 Å². The molecular weight excluding hydrogens is 403 g/mol. The first kappa shape index (κ1) is 17.8. The summed E-state index contributed by atoms with van der Waals surface area (Å²) >= 11 is -1.93. The van der Waals surface area contributed by atoms with Crippen LogP contribution in [0.3, 0.4) is 0 Å². The van der Waals surface area contributed by atoms with Crippen molar-refractivity contribution >= 4 is 27.6 Å². The van der Waals surface area contributed by atoms with Crippen LogP contribution in [0.2, 0.25) is 0 Å². The Hall–Kier alpha value is -0.540. The van der Waals surface area contributed by atoms with Gasteiger partial charge in [-0.2, -0.15) is 0 Å². The molecule has 2 aromatic rings. The first-order valence-electron chi connectivity index (χ1n) is 7.68. The van der Waals surface area contributed by atoms with E-state index >= 15 is 0 Å². The molecule has 0 aliphatic rings. The molecule has 0 radical (unpaired) electrons. The van der Waals surface area contributed by atoms with Crippen LogP contribution in [0.15, 0.2) is 48.5 Å². The number of benzene rings is 2. The average molecular weight is 429 g/mol. The zero-order valence-corrected chi connectivity index (χ0v) is 17.3. The van der Waals surface area contributed by atoms with Crippen molar-refractivity contribution in [3.05, 3.63) is 66.8 Å². The molecule has 2 heteroatoms. The zero-order chi connectivity index (χ0) is 16.5. The van der Waals surface area contributed by atoms with E-state index in [4.69, 9.17) is 8.91 Å². The molecule has 2 rings (SSSR count). The van der Waals surface area contributed by atoms with Crippen molar-refractivity contribution in [1.82, 2.24) is 0 Å². The summed E-state index contributed by atoms with van der Waals surface area (Å²) in [6.07, 6.45) is 0. The Kier molecular flexibility index (Phi) is 5.28. The summed E-state index contributed by atoms with van der Waals surface area (Å²) in [5.74, 6) is 0. The predicted molar refractivity (Wildman–Crippen MR) is 108 cm³/mol. The van der Waals surface area contributed by atoms with Crippen LogP contribution < -0.4 is 0 Å². The fourth-order valence-electron chi connectivity index (χ4n) is 2.54. The van der Waals surface area contributed by atoms with E-state index in [-0.39, 0.29) is 10.8 Å².